The van der Waals surface area contributed by atoms with Crippen LogP contribution in [0, 0.1) is 16.0 Å². The second kappa shape index (κ2) is 5.63. The van der Waals surface area contributed by atoms with Crippen molar-refractivity contribution < 1.29 is 9.72 Å². The Morgan fingerprint density at radius 1 is 1.53 bits per heavy atom. The lowest BCUT2D eigenvalue weighted by atomic mass is 10.1. The number of nitro benzene ring substituents is 1. The molecule has 0 aliphatic carbocycles. The molecule has 0 heterocycles. The highest BCUT2D eigenvalue weighted by atomic mass is 35.5. The van der Waals surface area contributed by atoms with Crippen LogP contribution in [0.25, 0.3) is 0 Å². The smallest absolute Gasteiger partial charge is 0.300 e. The molecule has 92 valence electrons. The summed E-state index contributed by atoms with van der Waals surface area (Å²) in [6.07, 6.45) is 0. The van der Waals surface area contributed by atoms with Crippen molar-refractivity contribution in [3.05, 3.63) is 38.9 Å². The Bertz CT molecular complexity index is 446. The van der Waals surface area contributed by atoms with Gasteiger partial charge in [-0.25, -0.2) is 0 Å². The van der Waals surface area contributed by atoms with Gasteiger partial charge in [0, 0.05) is 6.54 Å². The Labute approximate surface area is 104 Å². The molecule has 0 aliphatic heterocycles. The van der Waals surface area contributed by atoms with E-state index in [2.05, 4.69) is 5.32 Å². The first-order chi connectivity index (χ1) is 7.93. The summed E-state index contributed by atoms with van der Waals surface area (Å²) in [6, 6.07) is 4.29. The van der Waals surface area contributed by atoms with E-state index in [0.29, 0.717) is 6.54 Å². The Morgan fingerprint density at radius 2 is 2.18 bits per heavy atom. The summed E-state index contributed by atoms with van der Waals surface area (Å²) in [5.74, 6) is -0.204. The summed E-state index contributed by atoms with van der Waals surface area (Å²) < 4.78 is 0. The zero-order valence-corrected chi connectivity index (χ0v) is 10.3. The molecule has 5 nitrogen and oxygen atoms in total. The van der Waals surface area contributed by atoms with Crippen LogP contribution in [0.1, 0.15) is 24.2 Å². The van der Waals surface area contributed by atoms with Gasteiger partial charge in [-0.2, -0.15) is 0 Å². The predicted octanol–water partition coefficient (Wildman–Crippen LogP) is 2.63. The van der Waals surface area contributed by atoms with Crippen LogP contribution >= 0.6 is 11.6 Å². The summed E-state index contributed by atoms with van der Waals surface area (Å²) in [4.78, 5) is 21.9. The van der Waals surface area contributed by atoms with Crippen molar-refractivity contribution in [1.29, 1.82) is 0 Å². The monoisotopic (exact) mass is 256 g/mol. The van der Waals surface area contributed by atoms with Crippen LogP contribution in [0.15, 0.2) is 18.2 Å². The third-order valence-electron chi connectivity index (χ3n) is 2.08. The number of halogens is 1. The second-order valence-corrected chi connectivity index (χ2v) is 4.40. The molecular weight excluding hydrogens is 244 g/mol. The summed E-state index contributed by atoms with van der Waals surface area (Å²) in [6.45, 7) is 4.34. The van der Waals surface area contributed by atoms with E-state index in [9.17, 15) is 14.9 Å². The maximum atomic E-state index is 11.8. The van der Waals surface area contributed by atoms with Gasteiger partial charge in [0.1, 0.15) is 10.6 Å². The van der Waals surface area contributed by atoms with Crippen LogP contribution in [0.3, 0.4) is 0 Å². The molecule has 0 bridgehead atoms. The van der Waals surface area contributed by atoms with Gasteiger partial charge in [-0.3, -0.25) is 14.9 Å². The van der Waals surface area contributed by atoms with Gasteiger partial charge in [0.2, 0.25) is 0 Å². The van der Waals surface area contributed by atoms with Crippen molar-refractivity contribution in [1.82, 2.24) is 5.32 Å². The maximum absolute atomic E-state index is 11.8. The lowest BCUT2D eigenvalue weighted by Crippen LogP contribution is -2.27. The quantitative estimate of drug-likeness (QED) is 0.665. The van der Waals surface area contributed by atoms with Crippen LogP contribution in [0.4, 0.5) is 5.69 Å². The van der Waals surface area contributed by atoms with E-state index < -0.39 is 10.8 Å². The van der Waals surface area contributed by atoms with Crippen molar-refractivity contribution in [2.24, 2.45) is 5.92 Å². The Hall–Kier alpha value is -1.62. The van der Waals surface area contributed by atoms with E-state index in [1.807, 2.05) is 13.8 Å². The topological polar surface area (TPSA) is 72.2 Å². The number of nitrogens with one attached hydrogen (secondary N) is 1. The van der Waals surface area contributed by atoms with E-state index in [0.717, 1.165) is 0 Å². The van der Waals surface area contributed by atoms with E-state index in [1.54, 1.807) is 0 Å². The number of hydrogen-bond acceptors (Lipinski definition) is 3. The van der Waals surface area contributed by atoms with Crippen molar-refractivity contribution in [3.8, 4) is 0 Å². The molecule has 1 amide bonds. The first-order valence-corrected chi connectivity index (χ1v) is 5.52. The van der Waals surface area contributed by atoms with Crippen LogP contribution in [0.2, 0.25) is 5.02 Å². The molecule has 0 atom stereocenters. The van der Waals surface area contributed by atoms with Crippen molar-refractivity contribution in [2.75, 3.05) is 6.54 Å². The standard InChI is InChI=1S/C11H13ClN2O3/c1-7(2)6-13-11(15)8-4-3-5-9(12)10(8)14(16)17/h3-5,7H,6H2,1-2H3,(H,13,15). The fourth-order valence-corrected chi connectivity index (χ4v) is 1.52. The molecular formula is C11H13ClN2O3. The minimum atomic E-state index is -0.646. The molecule has 17 heavy (non-hydrogen) atoms. The van der Waals surface area contributed by atoms with Gasteiger partial charge in [-0.1, -0.05) is 31.5 Å². The molecule has 0 spiro atoms. The molecule has 1 rings (SSSR count). The Morgan fingerprint density at radius 3 is 2.71 bits per heavy atom. The number of rotatable bonds is 4. The van der Waals surface area contributed by atoms with Crippen molar-refractivity contribution in [2.45, 2.75) is 13.8 Å². The highest BCUT2D eigenvalue weighted by Crippen LogP contribution is 2.27. The number of amides is 1. The van der Waals surface area contributed by atoms with E-state index in [1.165, 1.54) is 18.2 Å². The van der Waals surface area contributed by atoms with E-state index in [4.69, 9.17) is 11.6 Å². The van der Waals surface area contributed by atoms with Crippen molar-refractivity contribution in [3.63, 3.8) is 0 Å². The van der Waals surface area contributed by atoms with Crippen molar-refractivity contribution >= 4 is 23.2 Å². The number of carbonyl (C=O) groups excluding carboxylic acids is 1. The minimum Gasteiger partial charge on any atom is -0.352 e. The van der Waals surface area contributed by atoms with E-state index >= 15 is 0 Å². The number of carbonyl (C=O) groups is 1. The molecule has 0 aliphatic rings. The molecule has 1 aromatic carbocycles. The third kappa shape index (κ3) is 3.42. The van der Waals surface area contributed by atoms with E-state index in [-0.39, 0.29) is 22.2 Å². The van der Waals surface area contributed by atoms with Crippen LogP contribution in [0.5, 0.6) is 0 Å². The third-order valence-corrected chi connectivity index (χ3v) is 2.39. The maximum Gasteiger partial charge on any atom is 0.300 e. The number of hydrogen-bond donors (Lipinski definition) is 1. The largest absolute Gasteiger partial charge is 0.352 e. The highest BCUT2D eigenvalue weighted by molar-refractivity contribution is 6.33. The average Bonchev–Trinajstić information content (AvgIpc) is 2.24. The number of benzene rings is 1. The Kier molecular flexibility index (Phi) is 4.45. The molecule has 0 unspecified atom stereocenters. The summed E-state index contributed by atoms with van der Waals surface area (Å²) in [7, 11) is 0. The minimum absolute atomic E-state index is 0.0110. The summed E-state index contributed by atoms with van der Waals surface area (Å²) in [5.41, 5.74) is -0.362. The lowest BCUT2D eigenvalue weighted by molar-refractivity contribution is -0.385. The molecule has 6 heteroatoms. The fourth-order valence-electron chi connectivity index (χ4n) is 1.28. The molecule has 1 aromatic rings. The fraction of sp³-hybridized carbons (Fsp3) is 0.364. The van der Waals surface area contributed by atoms with Crippen LogP contribution < -0.4 is 5.32 Å². The summed E-state index contributed by atoms with van der Waals surface area (Å²) in [5, 5.41) is 13.4. The molecule has 0 fully saturated rings. The van der Waals surface area contributed by atoms with Gasteiger partial charge < -0.3 is 5.32 Å². The van der Waals surface area contributed by atoms with Gasteiger partial charge >= 0.3 is 5.69 Å². The van der Waals surface area contributed by atoms with Gasteiger partial charge in [0.05, 0.1) is 4.92 Å². The SMILES string of the molecule is CC(C)CNC(=O)c1cccc(Cl)c1[N+](=O)[O-]. The average molecular weight is 257 g/mol. The second-order valence-electron chi connectivity index (χ2n) is 4.00. The van der Waals surface area contributed by atoms with Crippen LogP contribution in [-0.4, -0.2) is 17.4 Å². The number of para-hydroxylation sites is 1. The normalized spacial score (nSPS) is 10.4. The molecule has 0 saturated heterocycles. The predicted molar refractivity (Wildman–Crippen MR) is 65.3 cm³/mol. The van der Waals surface area contributed by atoms with Gasteiger partial charge in [-0.15, -0.1) is 0 Å². The summed E-state index contributed by atoms with van der Waals surface area (Å²) >= 11 is 5.71. The first kappa shape index (κ1) is 13.4. The lowest BCUT2D eigenvalue weighted by Gasteiger charge is -2.08. The molecule has 1 N–H and O–H groups in total. The van der Waals surface area contributed by atoms with Gasteiger partial charge in [-0.05, 0) is 18.1 Å². The zero-order chi connectivity index (χ0) is 13.0. The Balaban J connectivity index is 3.01. The molecule has 0 saturated carbocycles. The highest BCUT2D eigenvalue weighted by Gasteiger charge is 2.23. The molecule has 0 radical (unpaired) electrons. The number of nitrogens with zero attached hydrogens (tertiary/aromatic N) is 1. The van der Waals surface area contributed by atoms with Gasteiger partial charge in [0.15, 0.2) is 0 Å². The van der Waals surface area contributed by atoms with Gasteiger partial charge in [0.25, 0.3) is 5.91 Å². The zero-order valence-electron chi connectivity index (χ0n) is 9.57. The molecule has 0 aromatic heterocycles. The number of nitro groups is 1. The van der Waals surface area contributed by atoms with Crippen LogP contribution in [-0.2, 0) is 0 Å². The first-order valence-electron chi connectivity index (χ1n) is 5.14.